The van der Waals surface area contributed by atoms with Gasteiger partial charge >= 0.3 is 0 Å². The van der Waals surface area contributed by atoms with Crippen LogP contribution in [0.25, 0.3) is 0 Å². The van der Waals surface area contributed by atoms with Crippen LogP contribution in [0.3, 0.4) is 0 Å². The summed E-state index contributed by atoms with van der Waals surface area (Å²) >= 11 is 16.9. The maximum Gasteiger partial charge on any atom is 0.262 e. The lowest BCUT2D eigenvalue weighted by Gasteiger charge is -2.15. The first-order valence-corrected chi connectivity index (χ1v) is 8.54. The molecule has 0 bridgehead atoms. The van der Waals surface area contributed by atoms with Crippen molar-refractivity contribution in [1.29, 1.82) is 0 Å². The molecule has 0 atom stereocenters. The predicted octanol–water partition coefficient (Wildman–Crippen LogP) is 3.10. The first kappa shape index (κ1) is 18.3. The topological polar surface area (TPSA) is 78.5 Å². The number of amides is 3. The summed E-state index contributed by atoms with van der Waals surface area (Å²) in [5, 5.41) is 5.93. The lowest BCUT2D eigenvalue weighted by atomic mass is 10.1. The Balaban J connectivity index is 1.62. The Kier molecular flexibility index (Phi) is 5.22. The molecule has 6 nitrogen and oxygen atoms in total. The Morgan fingerprint density at radius 3 is 2.23 bits per heavy atom. The molecular weight excluding hydrogens is 397 g/mol. The van der Waals surface area contributed by atoms with Gasteiger partial charge in [-0.15, -0.1) is 0 Å². The lowest BCUT2D eigenvalue weighted by molar-refractivity contribution is -0.120. The van der Waals surface area contributed by atoms with E-state index in [1.165, 1.54) is 6.07 Å². The number of benzene rings is 2. The van der Waals surface area contributed by atoms with Crippen molar-refractivity contribution in [3.8, 4) is 0 Å². The minimum absolute atomic E-state index is 0.0177. The molecule has 0 saturated carbocycles. The molecule has 132 valence electrons. The van der Waals surface area contributed by atoms with Crippen molar-refractivity contribution in [3.05, 3.63) is 63.6 Å². The summed E-state index contributed by atoms with van der Waals surface area (Å²) in [5.41, 5.74) is 1.01. The summed E-state index contributed by atoms with van der Waals surface area (Å²) in [6.45, 7) is -0.442. The van der Waals surface area contributed by atoms with Gasteiger partial charge in [0.05, 0.1) is 21.8 Å². The fraction of sp³-hybridized carbons (Fsp3) is 0.0588. The van der Waals surface area contributed by atoms with Gasteiger partial charge in [0.25, 0.3) is 11.8 Å². The molecule has 3 amide bonds. The van der Waals surface area contributed by atoms with Crippen LogP contribution in [0.5, 0.6) is 0 Å². The molecule has 3 rings (SSSR count). The van der Waals surface area contributed by atoms with E-state index in [9.17, 15) is 14.4 Å². The Morgan fingerprint density at radius 1 is 1.04 bits per heavy atom. The van der Waals surface area contributed by atoms with E-state index >= 15 is 0 Å². The third-order valence-corrected chi connectivity index (χ3v) is 4.36. The monoisotopic (exact) mass is 407 g/mol. The first-order chi connectivity index (χ1) is 12.4. The summed E-state index contributed by atoms with van der Waals surface area (Å²) in [5.74, 6) is -1.64. The number of fused-ring (bicyclic) bond motifs is 1. The molecule has 1 aliphatic rings. The number of carbonyl (C=O) groups excluding carboxylic acids is 3. The molecule has 0 saturated heterocycles. The number of hydrogen-bond acceptors (Lipinski definition) is 4. The van der Waals surface area contributed by atoms with E-state index in [2.05, 4.69) is 10.6 Å². The molecule has 0 radical (unpaired) electrons. The number of imide groups is 1. The van der Waals surface area contributed by atoms with Gasteiger partial charge in [0, 0.05) is 5.02 Å². The zero-order chi connectivity index (χ0) is 18.8. The van der Waals surface area contributed by atoms with Crippen molar-refractivity contribution >= 4 is 63.9 Å². The molecule has 26 heavy (non-hydrogen) atoms. The van der Waals surface area contributed by atoms with Crippen LogP contribution in [0.2, 0.25) is 10.0 Å². The number of anilines is 1. The van der Waals surface area contributed by atoms with Gasteiger partial charge < -0.3 is 10.6 Å². The SMILES string of the molecule is O=C(CN1C(=O)c2ccccc2C1=O)NC(=S)Nc1ccc(Cl)cc1Cl. The number of hydrogen-bond donors (Lipinski definition) is 2. The second kappa shape index (κ2) is 7.41. The minimum atomic E-state index is -0.609. The van der Waals surface area contributed by atoms with Crippen LogP contribution in [0.15, 0.2) is 42.5 Å². The number of nitrogens with zero attached hydrogens (tertiary/aromatic N) is 1. The number of nitrogens with one attached hydrogen (secondary N) is 2. The average Bonchev–Trinajstić information content (AvgIpc) is 2.83. The molecule has 2 aromatic rings. The maximum absolute atomic E-state index is 12.2. The van der Waals surface area contributed by atoms with Crippen molar-refractivity contribution in [2.45, 2.75) is 0 Å². The van der Waals surface area contributed by atoms with E-state index in [0.29, 0.717) is 15.7 Å². The Labute approximate surface area is 164 Å². The highest BCUT2D eigenvalue weighted by molar-refractivity contribution is 7.80. The molecule has 0 aliphatic carbocycles. The molecule has 1 heterocycles. The van der Waals surface area contributed by atoms with Crippen LogP contribution in [0.1, 0.15) is 20.7 Å². The van der Waals surface area contributed by atoms with Crippen LogP contribution in [-0.2, 0) is 4.79 Å². The third-order valence-electron chi connectivity index (χ3n) is 3.61. The molecule has 1 aliphatic heterocycles. The third kappa shape index (κ3) is 3.70. The van der Waals surface area contributed by atoms with Crippen molar-refractivity contribution in [1.82, 2.24) is 10.2 Å². The molecule has 0 spiro atoms. The summed E-state index contributed by atoms with van der Waals surface area (Å²) in [6.07, 6.45) is 0. The van der Waals surface area contributed by atoms with Gasteiger partial charge in [-0.1, -0.05) is 35.3 Å². The van der Waals surface area contributed by atoms with Gasteiger partial charge in [0.2, 0.25) is 5.91 Å². The Hall–Kier alpha value is -2.48. The quantitative estimate of drug-likeness (QED) is 0.603. The number of carbonyl (C=O) groups is 3. The van der Waals surface area contributed by atoms with Crippen LogP contribution in [0.4, 0.5) is 5.69 Å². The first-order valence-electron chi connectivity index (χ1n) is 7.38. The summed E-state index contributed by atoms with van der Waals surface area (Å²) < 4.78 is 0. The zero-order valence-electron chi connectivity index (χ0n) is 13.1. The van der Waals surface area contributed by atoms with Gasteiger partial charge in [-0.3, -0.25) is 19.3 Å². The van der Waals surface area contributed by atoms with Gasteiger partial charge in [0.15, 0.2) is 5.11 Å². The summed E-state index contributed by atoms with van der Waals surface area (Å²) in [6, 6.07) is 11.1. The second-order valence-electron chi connectivity index (χ2n) is 5.37. The van der Waals surface area contributed by atoms with E-state index in [1.54, 1.807) is 36.4 Å². The summed E-state index contributed by atoms with van der Waals surface area (Å²) in [7, 11) is 0. The van der Waals surface area contributed by atoms with Crippen LogP contribution in [0, 0.1) is 0 Å². The van der Waals surface area contributed by atoms with E-state index in [-0.39, 0.29) is 16.2 Å². The molecule has 9 heteroatoms. The largest absolute Gasteiger partial charge is 0.331 e. The second-order valence-corrected chi connectivity index (χ2v) is 6.62. The highest BCUT2D eigenvalue weighted by Crippen LogP contribution is 2.25. The predicted molar refractivity (Wildman–Crippen MR) is 103 cm³/mol. The lowest BCUT2D eigenvalue weighted by Crippen LogP contribution is -2.43. The number of thiocarbonyl (C=S) groups is 1. The van der Waals surface area contributed by atoms with E-state index in [1.807, 2.05) is 0 Å². The highest BCUT2D eigenvalue weighted by atomic mass is 35.5. The maximum atomic E-state index is 12.2. The normalized spacial score (nSPS) is 12.8. The fourth-order valence-corrected chi connectivity index (χ4v) is 3.12. The van der Waals surface area contributed by atoms with Crippen molar-refractivity contribution in [2.75, 3.05) is 11.9 Å². The molecule has 2 N–H and O–H groups in total. The van der Waals surface area contributed by atoms with Crippen molar-refractivity contribution in [2.24, 2.45) is 0 Å². The van der Waals surface area contributed by atoms with E-state index in [4.69, 9.17) is 35.4 Å². The molecular formula is C17H11Cl2N3O3S. The minimum Gasteiger partial charge on any atom is -0.331 e. The van der Waals surface area contributed by atoms with E-state index in [0.717, 1.165) is 4.90 Å². The Bertz CT molecular complexity index is 914. The zero-order valence-corrected chi connectivity index (χ0v) is 15.4. The molecule has 2 aromatic carbocycles. The fourth-order valence-electron chi connectivity index (χ4n) is 2.44. The average molecular weight is 408 g/mol. The van der Waals surface area contributed by atoms with Gasteiger partial charge in [0.1, 0.15) is 6.54 Å². The van der Waals surface area contributed by atoms with Crippen molar-refractivity contribution < 1.29 is 14.4 Å². The van der Waals surface area contributed by atoms with Crippen LogP contribution < -0.4 is 10.6 Å². The summed E-state index contributed by atoms with van der Waals surface area (Å²) in [4.78, 5) is 37.5. The number of rotatable bonds is 3. The van der Waals surface area contributed by atoms with E-state index < -0.39 is 24.3 Å². The standard InChI is InChI=1S/C17H11Cl2N3O3S/c18-9-5-6-13(12(19)7-9)20-17(26)21-14(23)8-22-15(24)10-3-1-2-4-11(10)16(22)25/h1-7H,8H2,(H2,20,21,23,26). The molecule has 0 unspecified atom stereocenters. The number of halogens is 2. The smallest absolute Gasteiger partial charge is 0.262 e. The molecule has 0 aromatic heterocycles. The van der Waals surface area contributed by atoms with Crippen molar-refractivity contribution in [3.63, 3.8) is 0 Å². The van der Waals surface area contributed by atoms with Crippen LogP contribution in [-0.4, -0.2) is 34.3 Å². The Morgan fingerprint density at radius 2 is 1.65 bits per heavy atom. The van der Waals surface area contributed by atoms with Crippen LogP contribution >= 0.6 is 35.4 Å². The highest BCUT2D eigenvalue weighted by Gasteiger charge is 2.36. The van der Waals surface area contributed by atoms with Gasteiger partial charge in [-0.25, -0.2) is 0 Å². The van der Waals surface area contributed by atoms with Gasteiger partial charge in [-0.05, 0) is 42.5 Å². The van der Waals surface area contributed by atoms with Gasteiger partial charge in [-0.2, -0.15) is 0 Å². The molecule has 0 fully saturated rings.